The largest absolute Gasteiger partial charge is 0.477 e. The van der Waals surface area contributed by atoms with Gasteiger partial charge in [-0.1, -0.05) is 6.07 Å². The summed E-state index contributed by atoms with van der Waals surface area (Å²) < 4.78 is 6.07. The Labute approximate surface area is 97.3 Å². The summed E-state index contributed by atoms with van der Waals surface area (Å²) in [5, 5.41) is 10.0. The fourth-order valence-electron chi connectivity index (χ4n) is 1.73. The zero-order valence-corrected chi connectivity index (χ0v) is 9.93. The minimum atomic E-state index is -0.855. The number of carboxylic acids is 1. The highest BCUT2D eigenvalue weighted by atomic mass is 32.1. The van der Waals surface area contributed by atoms with Gasteiger partial charge in [0.15, 0.2) is 0 Å². The van der Waals surface area contributed by atoms with Crippen LogP contribution in [0.3, 0.4) is 0 Å². The van der Waals surface area contributed by atoms with E-state index in [-0.39, 0.29) is 0 Å². The van der Waals surface area contributed by atoms with Crippen LogP contribution in [0.1, 0.15) is 20.8 Å². The predicted molar refractivity (Wildman–Crippen MR) is 64.2 cm³/mol. The summed E-state index contributed by atoms with van der Waals surface area (Å²) in [6, 6.07) is 5.91. The smallest absolute Gasteiger partial charge is 0.346 e. The molecule has 3 nitrogen and oxygen atoms in total. The first-order valence-corrected chi connectivity index (χ1v) is 5.69. The summed E-state index contributed by atoms with van der Waals surface area (Å²) in [6.07, 6.45) is 0. The van der Waals surface area contributed by atoms with E-state index in [0.717, 1.165) is 21.2 Å². The van der Waals surface area contributed by atoms with Crippen molar-refractivity contribution in [2.75, 3.05) is 7.11 Å². The van der Waals surface area contributed by atoms with Crippen molar-refractivity contribution in [3.63, 3.8) is 0 Å². The van der Waals surface area contributed by atoms with Crippen molar-refractivity contribution < 1.29 is 14.6 Å². The molecule has 0 saturated carbocycles. The summed E-state index contributed by atoms with van der Waals surface area (Å²) >= 11 is 1.32. The fourth-order valence-corrected chi connectivity index (χ4v) is 2.76. The molecule has 0 unspecified atom stereocenters. The van der Waals surface area contributed by atoms with Crippen LogP contribution >= 0.6 is 11.3 Å². The number of hydrogen-bond acceptors (Lipinski definition) is 3. The van der Waals surface area contributed by atoms with Gasteiger partial charge in [0.25, 0.3) is 0 Å². The molecular formula is C12H12O3S. The first kappa shape index (κ1) is 11.1. The molecule has 0 atom stereocenters. The molecule has 0 aliphatic heterocycles. The molecule has 0 bridgehead atoms. The van der Waals surface area contributed by atoms with Crippen molar-refractivity contribution in [3.05, 3.63) is 34.2 Å². The average molecular weight is 236 g/mol. The van der Waals surface area contributed by atoms with Crippen LogP contribution in [0.2, 0.25) is 0 Å². The summed E-state index contributed by atoms with van der Waals surface area (Å²) in [7, 11) is 1.65. The average Bonchev–Trinajstić information content (AvgIpc) is 2.57. The van der Waals surface area contributed by atoms with E-state index < -0.39 is 5.97 Å². The second kappa shape index (κ2) is 4.23. The van der Waals surface area contributed by atoms with E-state index >= 15 is 0 Å². The molecule has 1 N–H and O–H groups in total. The van der Waals surface area contributed by atoms with Gasteiger partial charge in [-0.25, -0.2) is 4.79 Å². The molecule has 0 aliphatic carbocycles. The van der Waals surface area contributed by atoms with Gasteiger partial charge < -0.3 is 9.84 Å². The number of rotatable bonds is 3. The van der Waals surface area contributed by atoms with E-state index in [2.05, 4.69) is 0 Å². The Morgan fingerprint density at radius 1 is 1.50 bits per heavy atom. The maximum absolute atomic E-state index is 11.0. The molecule has 4 heteroatoms. The monoisotopic (exact) mass is 236 g/mol. The van der Waals surface area contributed by atoms with Gasteiger partial charge in [-0.3, -0.25) is 0 Å². The number of methoxy groups -OCH3 is 1. The third-order valence-corrected chi connectivity index (χ3v) is 3.77. The molecule has 0 amide bonds. The van der Waals surface area contributed by atoms with Crippen molar-refractivity contribution in [2.45, 2.75) is 13.5 Å². The van der Waals surface area contributed by atoms with Crippen molar-refractivity contribution in [2.24, 2.45) is 0 Å². The lowest BCUT2D eigenvalue weighted by Gasteiger charge is -1.99. The van der Waals surface area contributed by atoms with E-state index in [1.165, 1.54) is 11.3 Å². The second-order valence-electron chi connectivity index (χ2n) is 3.62. The number of ether oxygens (including phenoxy) is 1. The molecule has 84 valence electrons. The Kier molecular flexibility index (Phi) is 2.94. The molecule has 0 spiro atoms. The predicted octanol–water partition coefficient (Wildman–Crippen LogP) is 3.05. The second-order valence-corrected chi connectivity index (χ2v) is 4.68. The lowest BCUT2D eigenvalue weighted by atomic mass is 10.1. The highest BCUT2D eigenvalue weighted by Gasteiger charge is 2.14. The summed E-state index contributed by atoms with van der Waals surface area (Å²) in [5.41, 5.74) is 1.90. The number of aryl methyl sites for hydroxylation is 1. The first-order valence-electron chi connectivity index (χ1n) is 4.87. The number of hydrogen-bond donors (Lipinski definition) is 1. The molecule has 1 aromatic heterocycles. The Balaban J connectivity index is 2.59. The first-order chi connectivity index (χ1) is 7.63. The Hall–Kier alpha value is -1.39. The third kappa shape index (κ3) is 1.81. The van der Waals surface area contributed by atoms with E-state index in [0.29, 0.717) is 11.5 Å². The van der Waals surface area contributed by atoms with Gasteiger partial charge in [-0.05, 0) is 35.6 Å². The molecule has 0 aliphatic rings. The van der Waals surface area contributed by atoms with Crippen LogP contribution in [0.15, 0.2) is 18.2 Å². The quantitative estimate of drug-likeness (QED) is 0.890. The molecule has 1 heterocycles. The molecular weight excluding hydrogens is 224 g/mol. The molecule has 16 heavy (non-hydrogen) atoms. The van der Waals surface area contributed by atoms with E-state index in [4.69, 9.17) is 9.84 Å². The summed E-state index contributed by atoms with van der Waals surface area (Å²) in [5.74, 6) is -0.855. The Morgan fingerprint density at radius 3 is 2.88 bits per heavy atom. The molecule has 1 aromatic carbocycles. The van der Waals surface area contributed by atoms with Gasteiger partial charge >= 0.3 is 5.97 Å². The highest BCUT2D eigenvalue weighted by molar-refractivity contribution is 7.21. The molecule has 0 saturated heterocycles. The van der Waals surface area contributed by atoms with Crippen LogP contribution in [0.5, 0.6) is 0 Å². The molecule has 2 rings (SSSR count). The highest BCUT2D eigenvalue weighted by Crippen LogP contribution is 2.31. The van der Waals surface area contributed by atoms with Crippen LogP contribution in [0.25, 0.3) is 10.1 Å². The zero-order chi connectivity index (χ0) is 11.7. The van der Waals surface area contributed by atoms with Gasteiger partial charge in [0, 0.05) is 11.8 Å². The van der Waals surface area contributed by atoms with E-state index in [1.807, 2.05) is 25.1 Å². The topological polar surface area (TPSA) is 46.5 Å². The van der Waals surface area contributed by atoms with Crippen molar-refractivity contribution in [3.8, 4) is 0 Å². The molecule has 0 radical (unpaired) electrons. The normalized spacial score (nSPS) is 10.9. The van der Waals surface area contributed by atoms with Gasteiger partial charge in [-0.2, -0.15) is 0 Å². The Bertz CT molecular complexity index is 542. The number of fused-ring (bicyclic) bond motifs is 1. The van der Waals surface area contributed by atoms with Gasteiger partial charge in [-0.15, -0.1) is 11.3 Å². The van der Waals surface area contributed by atoms with Gasteiger partial charge in [0.1, 0.15) is 4.88 Å². The number of thiophene rings is 1. The van der Waals surface area contributed by atoms with Crippen LogP contribution in [0, 0.1) is 6.92 Å². The van der Waals surface area contributed by atoms with Crippen molar-refractivity contribution in [1.82, 2.24) is 0 Å². The van der Waals surface area contributed by atoms with Gasteiger partial charge in [0.05, 0.1) is 6.61 Å². The van der Waals surface area contributed by atoms with Crippen LogP contribution < -0.4 is 0 Å². The van der Waals surface area contributed by atoms with Crippen LogP contribution in [-0.4, -0.2) is 18.2 Å². The summed E-state index contributed by atoms with van der Waals surface area (Å²) in [4.78, 5) is 11.4. The van der Waals surface area contributed by atoms with Crippen LogP contribution in [-0.2, 0) is 11.3 Å². The van der Waals surface area contributed by atoms with Gasteiger partial charge in [0.2, 0.25) is 0 Å². The van der Waals surface area contributed by atoms with E-state index in [1.54, 1.807) is 7.11 Å². The number of aromatic carboxylic acids is 1. The Morgan fingerprint density at radius 2 is 2.25 bits per heavy atom. The third-order valence-electron chi connectivity index (χ3n) is 2.51. The minimum absolute atomic E-state index is 0.421. The lowest BCUT2D eigenvalue weighted by molar-refractivity contribution is 0.0701. The molecule has 2 aromatic rings. The molecule has 0 fully saturated rings. The minimum Gasteiger partial charge on any atom is -0.477 e. The van der Waals surface area contributed by atoms with Crippen LogP contribution in [0.4, 0.5) is 0 Å². The van der Waals surface area contributed by atoms with Crippen molar-refractivity contribution in [1.29, 1.82) is 0 Å². The van der Waals surface area contributed by atoms with Crippen molar-refractivity contribution >= 4 is 27.4 Å². The number of carbonyl (C=O) groups is 1. The number of carboxylic acid groups (broad SMARTS) is 1. The fraction of sp³-hybridized carbons (Fsp3) is 0.250. The SMILES string of the molecule is COCc1ccc2sc(C(=O)O)c(C)c2c1. The zero-order valence-electron chi connectivity index (χ0n) is 9.11. The van der Waals surface area contributed by atoms with E-state index in [9.17, 15) is 4.79 Å². The number of benzene rings is 1. The lowest BCUT2D eigenvalue weighted by Crippen LogP contribution is -1.93. The maximum atomic E-state index is 11.0. The summed E-state index contributed by atoms with van der Waals surface area (Å²) in [6.45, 7) is 2.40. The maximum Gasteiger partial charge on any atom is 0.346 e. The standard InChI is InChI=1S/C12H12O3S/c1-7-9-5-8(6-15-2)3-4-10(9)16-11(7)12(13)14/h3-5H,6H2,1-2H3,(H,13,14).